The van der Waals surface area contributed by atoms with Gasteiger partial charge in [-0.15, -0.1) is 0 Å². The van der Waals surface area contributed by atoms with Gasteiger partial charge in [0.05, 0.1) is 31.5 Å². The van der Waals surface area contributed by atoms with Crippen LogP contribution in [0.4, 0.5) is 5.69 Å². The fraction of sp³-hybridized carbons (Fsp3) is 0.647. The Morgan fingerprint density at radius 3 is 2.39 bits per heavy atom. The molecule has 1 heterocycles. The van der Waals surface area contributed by atoms with Gasteiger partial charge in [0.1, 0.15) is 5.75 Å². The van der Waals surface area contributed by atoms with Crippen molar-refractivity contribution >= 4 is 18.6 Å². The van der Waals surface area contributed by atoms with E-state index in [-0.39, 0.29) is 0 Å². The Kier molecular flexibility index (Phi) is 5.60. The van der Waals surface area contributed by atoms with Crippen molar-refractivity contribution in [2.24, 2.45) is 0 Å². The molecule has 5 nitrogen and oxygen atoms in total. The number of aliphatic hydroxyl groups is 1. The molecular weight excluding hydrogens is 293 g/mol. The zero-order valence-corrected chi connectivity index (χ0v) is 14.9. The first kappa shape index (κ1) is 18.1. The molecule has 1 aliphatic rings. The topological polar surface area (TPSA) is 51.2 Å². The first-order chi connectivity index (χ1) is 10.7. The molecular formula is C17H28BNO4. The van der Waals surface area contributed by atoms with Gasteiger partial charge in [0, 0.05) is 24.8 Å². The Morgan fingerprint density at radius 1 is 1.17 bits per heavy atom. The normalized spacial score (nSPS) is 16.3. The Hall–Kier alpha value is -1.24. The van der Waals surface area contributed by atoms with Crippen LogP contribution < -0.4 is 15.1 Å². The molecule has 0 radical (unpaired) electrons. The molecule has 1 aromatic rings. The van der Waals surface area contributed by atoms with E-state index in [2.05, 4.69) is 11.0 Å². The predicted molar refractivity (Wildman–Crippen MR) is 94.3 cm³/mol. The summed E-state index contributed by atoms with van der Waals surface area (Å²) in [6.07, 6.45) is 0. The van der Waals surface area contributed by atoms with Gasteiger partial charge in [0.2, 0.25) is 0 Å². The molecule has 1 aromatic carbocycles. The van der Waals surface area contributed by atoms with E-state index >= 15 is 0 Å². The smallest absolute Gasteiger partial charge is 0.313 e. The Balaban J connectivity index is 2.10. The molecule has 1 fully saturated rings. The Bertz CT molecular complexity index is 522. The van der Waals surface area contributed by atoms with E-state index in [1.165, 1.54) is 0 Å². The number of benzene rings is 1. The molecule has 1 saturated heterocycles. The first-order valence-corrected chi connectivity index (χ1v) is 8.10. The van der Waals surface area contributed by atoms with Crippen molar-refractivity contribution in [1.82, 2.24) is 0 Å². The third-order valence-electron chi connectivity index (χ3n) is 4.71. The van der Waals surface area contributed by atoms with E-state index in [0.717, 1.165) is 43.2 Å². The lowest BCUT2D eigenvalue weighted by Gasteiger charge is -2.37. The summed E-state index contributed by atoms with van der Waals surface area (Å²) in [5, 5.41) is 10.2. The standard InChI is InChI=1S/C17H28BNO4/c1-16(2,20)17(3,4)23-18-14-7-6-13(12-15(14)21-5)19-8-10-22-11-9-19/h6-7,12,18,20H,8-11H2,1-5H3. The van der Waals surface area contributed by atoms with E-state index in [0.29, 0.717) is 7.48 Å². The highest BCUT2D eigenvalue weighted by Crippen LogP contribution is 2.25. The van der Waals surface area contributed by atoms with Crippen molar-refractivity contribution in [1.29, 1.82) is 0 Å². The monoisotopic (exact) mass is 321 g/mol. The van der Waals surface area contributed by atoms with Crippen LogP contribution >= 0.6 is 0 Å². The molecule has 128 valence electrons. The van der Waals surface area contributed by atoms with Gasteiger partial charge >= 0.3 is 7.48 Å². The van der Waals surface area contributed by atoms with Gasteiger partial charge in [0.25, 0.3) is 0 Å². The Morgan fingerprint density at radius 2 is 1.83 bits per heavy atom. The summed E-state index contributed by atoms with van der Waals surface area (Å²) in [5.41, 5.74) is 0.534. The summed E-state index contributed by atoms with van der Waals surface area (Å²) >= 11 is 0. The van der Waals surface area contributed by atoms with Gasteiger partial charge in [-0.3, -0.25) is 0 Å². The van der Waals surface area contributed by atoms with Crippen LogP contribution in [0.25, 0.3) is 0 Å². The van der Waals surface area contributed by atoms with Crippen molar-refractivity contribution in [3.05, 3.63) is 18.2 Å². The van der Waals surface area contributed by atoms with Crippen molar-refractivity contribution in [2.75, 3.05) is 38.3 Å². The molecule has 0 atom stereocenters. The van der Waals surface area contributed by atoms with Gasteiger partial charge in [0.15, 0.2) is 0 Å². The van der Waals surface area contributed by atoms with E-state index in [1.54, 1.807) is 21.0 Å². The van der Waals surface area contributed by atoms with Crippen LogP contribution in [0.3, 0.4) is 0 Å². The van der Waals surface area contributed by atoms with Crippen LogP contribution in [0.15, 0.2) is 18.2 Å². The van der Waals surface area contributed by atoms with Gasteiger partial charge < -0.3 is 24.1 Å². The van der Waals surface area contributed by atoms with Crippen molar-refractivity contribution in [3.8, 4) is 5.75 Å². The molecule has 1 N–H and O–H groups in total. The lowest BCUT2D eigenvalue weighted by Crippen LogP contribution is -2.49. The second-order valence-electron chi connectivity index (χ2n) is 6.95. The summed E-state index contributed by atoms with van der Waals surface area (Å²) < 4.78 is 16.9. The maximum atomic E-state index is 10.2. The van der Waals surface area contributed by atoms with Gasteiger partial charge in [-0.25, -0.2) is 0 Å². The van der Waals surface area contributed by atoms with Crippen LogP contribution in [0, 0.1) is 0 Å². The molecule has 0 aromatic heterocycles. The lowest BCUT2D eigenvalue weighted by molar-refractivity contribution is -0.0893. The number of methoxy groups -OCH3 is 1. The summed E-state index contributed by atoms with van der Waals surface area (Å²) in [6.45, 7) is 10.6. The number of nitrogens with zero attached hydrogens (tertiary/aromatic N) is 1. The van der Waals surface area contributed by atoms with Crippen LogP contribution in [0.5, 0.6) is 5.75 Å². The molecule has 0 unspecified atom stereocenters. The molecule has 0 aliphatic carbocycles. The van der Waals surface area contributed by atoms with E-state index in [9.17, 15) is 5.11 Å². The van der Waals surface area contributed by atoms with Crippen LogP contribution in [-0.4, -0.2) is 57.2 Å². The van der Waals surface area contributed by atoms with Crippen LogP contribution in [0.1, 0.15) is 27.7 Å². The molecule has 1 aliphatic heterocycles. The minimum atomic E-state index is -0.923. The SMILES string of the molecule is COc1cc(N2CCOCC2)ccc1BOC(C)(C)C(C)(C)O. The maximum absolute atomic E-state index is 10.2. The third kappa shape index (κ3) is 4.40. The summed E-state index contributed by atoms with van der Waals surface area (Å²) in [5.74, 6) is 0.806. The quantitative estimate of drug-likeness (QED) is 0.795. The fourth-order valence-corrected chi connectivity index (χ4v) is 2.31. The predicted octanol–water partition coefficient (Wildman–Crippen LogP) is 1.07. The van der Waals surface area contributed by atoms with E-state index in [4.69, 9.17) is 14.1 Å². The van der Waals surface area contributed by atoms with Crippen molar-refractivity contribution in [3.63, 3.8) is 0 Å². The average Bonchev–Trinajstić information content (AvgIpc) is 2.52. The number of rotatable bonds is 6. The summed E-state index contributed by atoms with van der Waals surface area (Å²) in [7, 11) is 2.06. The second kappa shape index (κ2) is 7.12. The highest BCUT2D eigenvalue weighted by molar-refractivity contribution is 6.48. The molecule has 23 heavy (non-hydrogen) atoms. The van der Waals surface area contributed by atoms with Gasteiger partial charge in [-0.2, -0.15) is 0 Å². The highest BCUT2D eigenvalue weighted by atomic mass is 16.5. The second-order valence-corrected chi connectivity index (χ2v) is 6.95. The largest absolute Gasteiger partial charge is 0.497 e. The van der Waals surface area contributed by atoms with Crippen molar-refractivity contribution in [2.45, 2.75) is 38.9 Å². The number of morpholine rings is 1. The summed E-state index contributed by atoms with van der Waals surface area (Å²) in [4.78, 5) is 2.29. The molecule has 0 amide bonds. The number of hydrogen-bond donors (Lipinski definition) is 1. The zero-order chi connectivity index (χ0) is 17.1. The van der Waals surface area contributed by atoms with Gasteiger partial charge in [-0.05, 0) is 39.2 Å². The molecule has 2 rings (SSSR count). The molecule has 6 heteroatoms. The van der Waals surface area contributed by atoms with Gasteiger partial charge in [-0.1, -0.05) is 6.07 Å². The molecule has 0 saturated carbocycles. The average molecular weight is 321 g/mol. The molecule has 0 bridgehead atoms. The number of hydrogen-bond acceptors (Lipinski definition) is 5. The third-order valence-corrected chi connectivity index (χ3v) is 4.71. The first-order valence-electron chi connectivity index (χ1n) is 8.10. The fourth-order valence-electron chi connectivity index (χ4n) is 2.31. The molecule has 0 spiro atoms. The summed E-state index contributed by atoms with van der Waals surface area (Å²) in [6, 6.07) is 6.16. The number of ether oxygens (including phenoxy) is 2. The maximum Gasteiger partial charge on any atom is 0.313 e. The van der Waals surface area contributed by atoms with Crippen LogP contribution in [-0.2, 0) is 9.39 Å². The highest BCUT2D eigenvalue weighted by Gasteiger charge is 2.35. The van der Waals surface area contributed by atoms with E-state index in [1.807, 2.05) is 26.0 Å². The lowest BCUT2D eigenvalue weighted by atomic mass is 9.82. The number of anilines is 1. The Labute approximate surface area is 139 Å². The van der Waals surface area contributed by atoms with Crippen molar-refractivity contribution < 1.29 is 19.2 Å². The van der Waals surface area contributed by atoms with E-state index < -0.39 is 11.2 Å². The minimum absolute atomic E-state index is 0.392. The zero-order valence-electron chi connectivity index (χ0n) is 14.9. The minimum Gasteiger partial charge on any atom is -0.497 e. The van der Waals surface area contributed by atoms with Crippen LogP contribution in [0.2, 0.25) is 0 Å².